The Labute approximate surface area is 196 Å². The third kappa shape index (κ3) is 6.26. The summed E-state index contributed by atoms with van der Waals surface area (Å²) >= 11 is 1.15. The molecule has 1 amide bonds. The van der Waals surface area contributed by atoms with Gasteiger partial charge < -0.3 is 19.5 Å². The van der Waals surface area contributed by atoms with Gasteiger partial charge in [0.15, 0.2) is 22.4 Å². The minimum Gasteiger partial charge on any atom is -0.490 e. The van der Waals surface area contributed by atoms with E-state index in [9.17, 15) is 14.9 Å². The number of rotatable bonds is 9. The summed E-state index contributed by atoms with van der Waals surface area (Å²) in [5, 5.41) is 14.2. The molecule has 1 N–H and O–H groups in total. The lowest BCUT2D eigenvalue weighted by atomic mass is 10.2. The molecule has 2 aromatic carbocycles. The molecule has 174 valence electrons. The van der Waals surface area contributed by atoms with E-state index in [0.717, 1.165) is 17.3 Å². The van der Waals surface area contributed by atoms with Crippen molar-refractivity contribution in [2.75, 3.05) is 20.3 Å². The van der Waals surface area contributed by atoms with Crippen molar-refractivity contribution >= 4 is 40.3 Å². The van der Waals surface area contributed by atoms with Crippen molar-refractivity contribution in [2.24, 2.45) is 10.9 Å². The quantitative estimate of drug-likeness (QED) is 0.313. The van der Waals surface area contributed by atoms with Crippen LogP contribution in [-0.2, 0) is 4.79 Å². The minimum absolute atomic E-state index is 0.138. The largest absolute Gasteiger partial charge is 0.490 e. The number of thioether (sulfide) groups is 1. The van der Waals surface area contributed by atoms with Crippen molar-refractivity contribution in [3.05, 3.63) is 57.0 Å². The molecule has 0 atom stereocenters. The van der Waals surface area contributed by atoms with Crippen molar-refractivity contribution in [2.45, 2.75) is 20.8 Å². The molecule has 10 heteroatoms. The summed E-state index contributed by atoms with van der Waals surface area (Å²) in [6, 6.07) is 9.83. The van der Waals surface area contributed by atoms with Crippen LogP contribution in [0.2, 0.25) is 0 Å². The second-order valence-electron chi connectivity index (χ2n) is 7.44. The SMILES string of the molecule is CCOc1cc(/C=C2\SC(=Nc3ccc(OC)c([N+](=O)[O-])c3)NC2=O)ccc1OCC(C)C. The van der Waals surface area contributed by atoms with Crippen LogP contribution in [-0.4, -0.2) is 36.3 Å². The fraction of sp³-hybridized carbons (Fsp3) is 0.304. The number of nitro benzene ring substituents is 1. The maximum absolute atomic E-state index is 12.4. The summed E-state index contributed by atoms with van der Waals surface area (Å²) in [6.07, 6.45) is 1.73. The van der Waals surface area contributed by atoms with Gasteiger partial charge in [-0.2, -0.15) is 0 Å². The van der Waals surface area contributed by atoms with E-state index in [1.54, 1.807) is 12.1 Å². The minimum atomic E-state index is -0.543. The van der Waals surface area contributed by atoms with E-state index in [4.69, 9.17) is 14.2 Å². The smallest absolute Gasteiger partial charge is 0.313 e. The zero-order valence-electron chi connectivity index (χ0n) is 18.8. The molecule has 1 fully saturated rings. The number of carbonyl (C=O) groups is 1. The molecule has 1 saturated heterocycles. The first-order valence-corrected chi connectivity index (χ1v) is 11.1. The Kier molecular flexibility index (Phi) is 7.94. The zero-order chi connectivity index (χ0) is 24.0. The van der Waals surface area contributed by atoms with Gasteiger partial charge in [0, 0.05) is 6.07 Å². The van der Waals surface area contributed by atoms with Crippen LogP contribution >= 0.6 is 11.8 Å². The Morgan fingerprint density at radius 2 is 1.91 bits per heavy atom. The average Bonchev–Trinajstić information content (AvgIpc) is 3.11. The summed E-state index contributed by atoms with van der Waals surface area (Å²) in [4.78, 5) is 27.9. The van der Waals surface area contributed by atoms with E-state index in [2.05, 4.69) is 24.2 Å². The summed E-state index contributed by atoms with van der Waals surface area (Å²) < 4.78 is 16.5. The highest BCUT2D eigenvalue weighted by Crippen LogP contribution is 2.34. The van der Waals surface area contributed by atoms with Gasteiger partial charge in [-0.3, -0.25) is 14.9 Å². The van der Waals surface area contributed by atoms with Gasteiger partial charge in [0.1, 0.15) is 0 Å². The van der Waals surface area contributed by atoms with E-state index in [1.807, 2.05) is 25.1 Å². The number of ether oxygens (including phenoxy) is 3. The van der Waals surface area contributed by atoms with Crippen LogP contribution in [0.4, 0.5) is 11.4 Å². The number of nitrogens with one attached hydrogen (secondary N) is 1. The zero-order valence-corrected chi connectivity index (χ0v) is 19.6. The van der Waals surface area contributed by atoms with E-state index < -0.39 is 4.92 Å². The Hall–Kier alpha value is -3.53. The molecule has 1 heterocycles. The van der Waals surface area contributed by atoms with Gasteiger partial charge in [0.2, 0.25) is 0 Å². The Morgan fingerprint density at radius 1 is 1.15 bits per heavy atom. The molecule has 0 radical (unpaired) electrons. The highest BCUT2D eigenvalue weighted by Gasteiger charge is 2.24. The van der Waals surface area contributed by atoms with Gasteiger partial charge in [-0.05, 0) is 60.5 Å². The molecule has 0 saturated carbocycles. The molecule has 0 aliphatic carbocycles. The summed E-state index contributed by atoms with van der Waals surface area (Å²) in [5.74, 6) is 1.47. The molecule has 0 spiro atoms. The average molecular weight is 472 g/mol. The summed E-state index contributed by atoms with van der Waals surface area (Å²) in [6.45, 7) is 7.08. The van der Waals surface area contributed by atoms with Crippen LogP contribution in [0.3, 0.4) is 0 Å². The molecule has 1 aliphatic rings. The standard InChI is InChI=1S/C23H25N3O6S/c1-5-31-20-10-15(6-8-19(20)32-13-14(2)3)11-21-22(27)25-23(33-21)24-16-7-9-18(30-4)17(12-16)26(28)29/h6-12,14H,5,13H2,1-4H3,(H,24,25,27)/b21-11-. The lowest BCUT2D eigenvalue weighted by molar-refractivity contribution is -0.385. The fourth-order valence-corrected chi connectivity index (χ4v) is 3.74. The first-order valence-electron chi connectivity index (χ1n) is 10.3. The molecule has 3 rings (SSSR count). The third-order valence-electron chi connectivity index (χ3n) is 4.38. The van der Waals surface area contributed by atoms with Crippen LogP contribution in [0.25, 0.3) is 6.08 Å². The van der Waals surface area contributed by atoms with E-state index >= 15 is 0 Å². The normalized spacial score (nSPS) is 15.7. The van der Waals surface area contributed by atoms with E-state index in [1.165, 1.54) is 19.2 Å². The number of amidine groups is 1. The van der Waals surface area contributed by atoms with Gasteiger partial charge in [0.05, 0.1) is 35.8 Å². The highest BCUT2D eigenvalue weighted by molar-refractivity contribution is 8.18. The monoisotopic (exact) mass is 471 g/mol. The second kappa shape index (κ2) is 10.9. The lowest BCUT2D eigenvalue weighted by Crippen LogP contribution is -2.19. The molecular formula is C23H25N3O6S. The predicted molar refractivity (Wildman–Crippen MR) is 128 cm³/mol. The fourth-order valence-electron chi connectivity index (χ4n) is 2.90. The molecule has 2 aromatic rings. The number of nitrogens with zero attached hydrogens (tertiary/aromatic N) is 2. The lowest BCUT2D eigenvalue weighted by Gasteiger charge is -2.14. The Bertz CT molecular complexity index is 1110. The molecule has 9 nitrogen and oxygen atoms in total. The van der Waals surface area contributed by atoms with Crippen molar-refractivity contribution in [1.29, 1.82) is 0 Å². The Balaban J connectivity index is 1.82. The number of hydrogen-bond donors (Lipinski definition) is 1. The predicted octanol–water partition coefficient (Wildman–Crippen LogP) is 4.93. The van der Waals surface area contributed by atoms with Gasteiger partial charge in [-0.15, -0.1) is 0 Å². The van der Waals surface area contributed by atoms with Crippen LogP contribution in [0.1, 0.15) is 26.3 Å². The molecule has 0 unspecified atom stereocenters. The maximum Gasteiger partial charge on any atom is 0.313 e. The number of benzene rings is 2. The van der Waals surface area contributed by atoms with Crippen molar-refractivity contribution in [3.8, 4) is 17.2 Å². The van der Waals surface area contributed by atoms with Gasteiger partial charge in [0.25, 0.3) is 5.91 Å². The Morgan fingerprint density at radius 3 is 2.58 bits per heavy atom. The van der Waals surface area contributed by atoms with Crippen LogP contribution < -0.4 is 19.5 Å². The van der Waals surface area contributed by atoms with Crippen LogP contribution in [0.5, 0.6) is 17.2 Å². The van der Waals surface area contributed by atoms with Crippen molar-refractivity contribution in [3.63, 3.8) is 0 Å². The number of nitro groups is 1. The number of hydrogen-bond acceptors (Lipinski definition) is 8. The highest BCUT2D eigenvalue weighted by atomic mass is 32.2. The number of amides is 1. The molecule has 0 bridgehead atoms. The first-order chi connectivity index (χ1) is 15.8. The van der Waals surface area contributed by atoms with E-state index in [0.29, 0.717) is 46.4 Å². The van der Waals surface area contributed by atoms with Crippen LogP contribution in [0.15, 0.2) is 46.3 Å². The maximum atomic E-state index is 12.4. The number of carbonyl (C=O) groups excluding carboxylic acids is 1. The summed E-state index contributed by atoms with van der Waals surface area (Å²) in [5.41, 5.74) is 0.902. The van der Waals surface area contributed by atoms with Crippen LogP contribution in [0, 0.1) is 16.0 Å². The molecular weight excluding hydrogens is 446 g/mol. The third-order valence-corrected chi connectivity index (χ3v) is 5.29. The molecule has 33 heavy (non-hydrogen) atoms. The van der Waals surface area contributed by atoms with Crippen molar-refractivity contribution in [1.82, 2.24) is 5.32 Å². The van der Waals surface area contributed by atoms with Gasteiger partial charge in [-0.1, -0.05) is 19.9 Å². The summed E-state index contributed by atoms with van der Waals surface area (Å²) in [7, 11) is 1.36. The number of aliphatic imine (C=N–C) groups is 1. The van der Waals surface area contributed by atoms with Crippen molar-refractivity contribution < 1.29 is 23.9 Å². The topological polar surface area (TPSA) is 112 Å². The van der Waals surface area contributed by atoms with E-state index in [-0.39, 0.29) is 17.3 Å². The van der Waals surface area contributed by atoms with Gasteiger partial charge in [-0.25, -0.2) is 4.99 Å². The molecule has 1 aliphatic heterocycles. The molecule has 0 aromatic heterocycles. The first kappa shape index (κ1) is 24.1. The second-order valence-corrected chi connectivity index (χ2v) is 8.47. The number of methoxy groups -OCH3 is 1. The van der Waals surface area contributed by atoms with Gasteiger partial charge >= 0.3 is 5.69 Å².